The van der Waals surface area contributed by atoms with Gasteiger partial charge in [0, 0.05) is 29.2 Å². The van der Waals surface area contributed by atoms with Gasteiger partial charge in [-0.2, -0.15) is 0 Å². The van der Waals surface area contributed by atoms with Crippen LogP contribution in [0.25, 0.3) is 0 Å². The minimum Gasteiger partial charge on any atom is -0.353 e. The maximum absolute atomic E-state index is 11.5. The molecule has 1 aliphatic heterocycles. The summed E-state index contributed by atoms with van der Waals surface area (Å²) in [5.41, 5.74) is 1.48. The van der Waals surface area contributed by atoms with Crippen LogP contribution in [0, 0.1) is 0 Å². The molecule has 1 atom stereocenters. The molecule has 0 aromatic heterocycles. The van der Waals surface area contributed by atoms with E-state index in [-0.39, 0.29) is 5.91 Å². The highest BCUT2D eigenvalue weighted by Gasteiger charge is 2.23. The Morgan fingerprint density at radius 2 is 2.15 bits per heavy atom. The van der Waals surface area contributed by atoms with E-state index in [1.807, 2.05) is 11.8 Å². The molecule has 1 fully saturated rings. The van der Waals surface area contributed by atoms with Gasteiger partial charge in [0.2, 0.25) is 5.91 Å². The molecule has 0 radical (unpaired) electrons. The first-order valence-electron chi connectivity index (χ1n) is 7.56. The molecular weight excluding hydrogens is 268 g/mol. The zero-order valence-electron chi connectivity index (χ0n) is 11.7. The second-order valence-corrected chi connectivity index (χ2v) is 7.04. The smallest absolute Gasteiger partial charge is 0.220 e. The van der Waals surface area contributed by atoms with Crippen molar-refractivity contribution in [3.05, 3.63) is 29.8 Å². The Morgan fingerprint density at radius 3 is 2.95 bits per heavy atom. The fraction of sp³-hybridized carbons (Fsp3) is 0.562. The Kier molecular flexibility index (Phi) is 4.63. The molecule has 2 aliphatic rings. The van der Waals surface area contributed by atoms with Gasteiger partial charge in [-0.15, -0.1) is 11.8 Å². The molecule has 0 spiro atoms. The van der Waals surface area contributed by atoms with Gasteiger partial charge in [-0.25, -0.2) is 0 Å². The Balaban J connectivity index is 1.27. The monoisotopic (exact) mass is 290 g/mol. The maximum Gasteiger partial charge on any atom is 0.220 e. The highest BCUT2D eigenvalue weighted by molar-refractivity contribution is 8.00. The minimum atomic E-state index is 0.219. The summed E-state index contributed by atoms with van der Waals surface area (Å²) < 4.78 is 0. The molecule has 1 heterocycles. The van der Waals surface area contributed by atoms with E-state index in [1.165, 1.54) is 23.3 Å². The van der Waals surface area contributed by atoms with Gasteiger partial charge in [0.25, 0.3) is 0 Å². The third-order valence-electron chi connectivity index (χ3n) is 3.79. The largest absolute Gasteiger partial charge is 0.353 e. The van der Waals surface area contributed by atoms with Crippen molar-refractivity contribution >= 4 is 17.7 Å². The van der Waals surface area contributed by atoms with Crippen molar-refractivity contribution in [2.45, 2.75) is 48.3 Å². The van der Waals surface area contributed by atoms with E-state index in [0.717, 1.165) is 25.9 Å². The van der Waals surface area contributed by atoms with Crippen LogP contribution in [0.15, 0.2) is 29.2 Å². The van der Waals surface area contributed by atoms with Gasteiger partial charge in [-0.1, -0.05) is 18.2 Å². The van der Waals surface area contributed by atoms with E-state index in [2.05, 4.69) is 34.9 Å². The normalized spacial score (nSPS) is 20.7. The van der Waals surface area contributed by atoms with Crippen LogP contribution in [0.1, 0.15) is 31.2 Å². The fourth-order valence-corrected chi connectivity index (χ4v) is 3.82. The first-order chi connectivity index (χ1) is 9.81. The Morgan fingerprint density at radius 1 is 1.30 bits per heavy atom. The molecular formula is C16H22N2OS. The highest BCUT2D eigenvalue weighted by Crippen LogP contribution is 2.36. The summed E-state index contributed by atoms with van der Waals surface area (Å²) in [6, 6.07) is 9.16. The maximum atomic E-state index is 11.5. The van der Waals surface area contributed by atoms with Crippen LogP contribution in [0.3, 0.4) is 0 Å². The van der Waals surface area contributed by atoms with Crippen molar-refractivity contribution in [2.24, 2.45) is 0 Å². The molecule has 3 rings (SSSR count). The molecule has 2 N–H and O–H groups in total. The molecule has 0 saturated heterocycles. The molecule has 4 heteroatoms. The van der Waals surface area contributed by atoms with Gasteiger partial charge in [0.05, 0.1) is 0 Å². The number of rotatable bonds is 7. The van der Waals surface area contributed by atoms with Crippen LogP contribution in [0.2, 0.25) is 0 Å². The molecule has 1 aromatic rings. The zero-order valence-corrected chi connectivity index (χ0v) is 12.5. The van der Waals surface area contributed by atoms with Gasteiger partial charge in [-0.3, -0.25) is 4.79 Å². The van der Waals surface area contributed by atoms with Crippen LogP contribution in [0.5, 0.6) is 0 Å². The zero-order chi connectivity index (χ0) is 13.8. The van der Waals surface area contributed by atoms with Crippen LogP contribution in [-0.2, 0) is 11.2 Å². The number of nitrogens with one attached hydrogen (secondary N) is 2. The van der Waals surface area contributed by atoms with E-state index >= 15 is 0 Å². The summed E-state index contributed by atoms with van der Waals surface area (Å²) in [6.07, 6.45) is 5.09. The van der Waals surface area contributed by atoms with Crippen LogP contribution >= 0.6 is 11.8 Å². The van der Waals surface area contributed by atoms with Crippen LogP contribution < -0.4 is 10.6 Å². The Hall–Kier alpha value is -1.00. The summed E-state index contributed by atoms with van der Waals surface area (Å²) in [6.45, 7) is 1.97. The lowest BCUT2D eigenvalue weighted by molar-refractivity contribution is -0.121. The second kappa shape index (κ2) is 6.64. The first kappa shape index (κ1) is 14.0. The van der Waals surface area contributed by atoms with E-state index in [4.69, 9.17) is 0 Å². The summed E-state index contributed by atoms with van der Waals surface area (Å²) in [7, 11) is 0. The van der Waals surface area contributed by atoms with Crippen LogP contribution in [0.4, 0.5) is 0 Å². The third kappa shape index (κ3) is 4.00. The van der Waals surface area contributed by atoms with Crippen molar-refractivity contribution in [2.75, 3.05) is 13.1 Å². The molecule has 1 unspecified atom stereocenters. The van der Waals surface area contributed by atoms with Gasteiger partial charge >= 0.3 is 0 Å². The summed E-state index contributed by atoms with van der Waals surface area (Å²) in [5.74, 6) is 0.219. The number of hydrogen-bond donors (Lipinski definition) is 2. The number of thioether (sulfide) groups is 1. The SMILES string of the molecule is O=C(CCCNCC1Cc2ccccc2S1)NC1CC1. The topological polar surface area (TPSA) is 41.1 Å². The van der Waals surface area contributed by atoms with E-state index in [9.17, 15) is 4.79 Å². The highest BCUT2D eigenvalue weighted by atomic mass is 32.2. The Labute approximate surface area is 124 Å². The van der Waals surface area contributed by atoms with Gasteiger partial charge in [0.1, 0.15) is 0 Å². The number of amides is 1. The second-order valence-electron chi connectivity index (χ2n) is 5.70. The van der Waals surface area contributed by atoms with Crippen molar-refractivity contribution in [1.82, 2.24) is 10.6 Å². The molecule has 1 amide bonds. The summed E-state index contributed by atoms with van der Waals surface area (Å²) in [4.78, 5) is 13.0. The molecule has 20 heavy (non-hydrogen) atoms. The van der Waals surface area contributed by atoms with Crippen molar-refractivity contribution in [3.8, 4) is 0 Å². The van der Waals surface area contributed by atoms with Crippen molar-refractivity contribution in [3.63, 3.8) is 0 Å². The van der Waals surface area contributed by atoms with Gasteiger partial charge in [-0.05, 0) is 43.9 Å². The predicted octanol–water partition coefficient (Wildman–Crippen LogP) is 2.35. The van der Waals surface area contributed by atoms with E-state index in [0.29, 0.717) is 17.7 Å². The molecule has 1 aromatic carbocycles. The van der Waals surface area contributed by atoms with E-state index in [1.54, 1.807) is 0 Å². The third-order valence-corrected chi connectivity index (χ3v) is 5.10. The van der Waals surface area contributed by atoms with Gasteiger partial charge in [0.15, 0.2) is 0 Å². The average Bonchev–Trinajstić information content (AvgIpc) is 3.15. The number of carbonyl (C=O) groups is 1. The lowest BCUT2D eigenvalue weighted by Crippen LogP contribution is -2.28. The molecule has 1 aliphatic carbocycles. The molecule has 0 bridgehead atoms. The van der Waals surface area contributed by atoms with Crippen molar-refractivity contribution in [1.29, 1.82) is 0 Å². The minimum absolute atomic E-state index is 0.219. The summed E-state index contributed by atoms with van der Waals surface area (Å²) >= 11 is 1.98. The van der Waals surface area contributed by atoms with Crippen LogP contribution in [-0.4, -0.2) is 30.3 Å². The van der Waals surface area contributed by atoms with Gasteiger partial charge < -0.3 is 10.6 Å². The summed E-state index contributed by atoms with van der Waals surface area (Å²) in [5, 5.41) is 7.16. The fourth-order valence-electron chi connectivity index (χ4n) is 2.53. The van der Waals surface area contributed by atoms with E-state index < -0.39 is 0 Å². The first-order valence-corrected chi connectivity index (χ1v) is 8.44. The quantitative estimate of drug-likeness (QED) is 0.757. The lowest BCUT2D eigenvalue weighted by atomic mass is 10.1. The number of carbonyl (C=O) groups excluding carboxylic acids is 1. The number of benzene rings is 1. The molecule has 1 saturated carbocycles. The standard InChI is InChI=1S/C16H22N2OS/c19-16(18-13-7-8-13)6-3-9-17-11-14-10-12-4-1-2-5-15(12)20-14/h1-2,4-5,13-14,17H,3,6-11H2,(H,18,19). The predicted molar refractivity (Wildman–Crippen MR) is 83.1 cm³/mol. The number of hydrogen-bond acceptors (Lipinski definition) is 3. The molecule has 3 nitrogen and oxygen atoms in total. The lowest BCUT2D eigenvalue weighted by Gasteiger charge is -2.10. The Bertz CT molecular complexity index is 448. The molecule has 108 valence electrons. The number of fused-ring (bicyclic) bond motifs is 1. The average molecular weight is 290 g/mol. The van der Waals surface area contributed by atoms with Crippen molar-refractivity contribution < 1.29 is 4.79 Å².